The Labute approximate surface area is 82.9 Å². The van der Waals surface area contributed by atoms with Gasteiger partial charge in [0, 0.05) is 6.54 Å². The van der Waals surface area contributed by atoms with E-state index in [1.165, 1.54) is 19.1 Å². The first-order valence-electron chi connectivity index (χ1n) is 4.67. The standard InChI is InChI=1S/C11H15F2N/c1-11(13,8-14)6-5-9-3-2-4-10(12)7-9/h2-4,7H,5-6,8,14H2,1H3. The van der Waals surface area contributed by atoms with E-state index in [0.717, 1.165) is 5.56 Å². The number of hydrogen-bond donors (Lipinski definition) is 1. The number of nitrogens with two attached hydrogens (primary N) is 1. The largest absolute Gasteiger partial charge is 0.328 e. The summed E-state index contributed by atoms with van der Waals surface area (Å²) in [5, 5.41) is 0. The lowest BCUT2D eigenvalue weighted by Crippen LogP contribution is -2.29. The Bertz CT molecular complexity index is 297. The molecule has 0 heterocycles. The quantitative estimate of drug-likeness (QED) is 0.792. The van der Waals surface area contributed by atoms with E-state index in [4.69, 9.17) is 5.73 Å². The molecular formula is C11H15F2N. The van der Waals surface area contributed by atoms with Crippen LogP contribution in [0.25, 0.3) is 0 Å². The lowest BCUT2D eigenvalue weighted by molar-refractivity contribution is 0.186. The summed E-state index contributed by atoms with van der Waals surface area (Å²) in [5.74, 6) is -0.282. The molecular weight excluding hydrogens is 184 g/mol. The van der Waals surface area contributed by atoms with Gasteiger partial charge in [0.2, 0.25) is 0 Å². The molecule has 0 aliphatic heterocycles. The maximum absolute atomic E-state index is 13.4. The van der Waals surface area contributed by atoms with Crippen molar-refractivity contribution in [3.8, 4) is 0 Å². The Kier molecular flexibility index (Phi) is 3.58. The molecule has 1 atom stereocenters. The smallest absolute Gasteiger partial charge is 0.123 e. The summed E-state index contributed by atoms with van der Waals surface area (Å²) in [6, 6.07) is 6.21. The number of halogens is 2. The molecule has 3 heteroatoms. The molecule has 0 fully saturated rings. The summed E-state index contributed by atoms with van der Waals surface area (Å²) in [6.07, 6.45) is 0.842. The van der Waals surface area contributed by atoms with Crippen LogP contribution in [0.1, 0.15) is 18.9 Å². The van der Waals surface area contributed by atoms with Crippen LogP contribution in [0, 0.1) is 5.82 Å². The van der Waals surface area contributed by atoms with Crippen LogP contribution < -0.4 is 5.73 Å². The summed E-state index contributed by atoms with van der Waals surface area (Å²) in [6.45, 7) is 1.47. The molecule has 78 valence electrons. The molecule has 2 N–H and O–H groups in total. The first-order valence-corrected chi connectivity index (χ1v) is 4.67. The number of benzene rings is 1. The zero-order valence-electron chi connectivity index (χ0n) is 8.26. The van der Waals surface area contributed by atoms with Crippen molar-refractivity contribution in [2.24, 2.45) is 5.73 Å². The third-order valence-corrected chi connectivity index (χ3v) is 2.25. The van der Waals surface area contributed by atoms with E-state index in [9.17, 15) is 8.78 Å². The number of aryl methyl sites for hydroxylation is 1. The number of hydrogen-bond acceptors (Lipinski definition) is 1. The van der Waals surface area contributed by atoms with Crippen molar-refractivity contribution in [1.82, 2.24) is 0 Å². The van der Waals surface area contributed by atoms with Gasteiger partial charge in [-0.05, 0) is 37.5 Å². The van der Waals surface area contributed by atoms with Gasteiger partial charge in [0.1, 0.15) is 11.5 Å². The predicted molar refractivity (Wildman–Crippen MR) is 53.3 cm³/mol. The van der Waals surface area contributed by atoms with Crippen LogP contribution in [-0.4, -0.2) is 12.2 Å². The van der Waals surface area contributed by atoms with Gasteiger partial charge in [0.15, 0.2) is 0 Å². The molecule has 1 aromatic carbocycles. The van der Waals surface area contributed by atoms with Gasteiger partial charge in [-0.3, -0.25) is 0 Å². The third kappa shape index (κ3) is 3.42. The van der Waals surface area contributed by atoms with E-state index in [1.807, 2.05) is 0 Å². The fourth-order valence-corrected chi connectivity index (χ4v) is 1.20. The molecule has 0 spiro atoms. The zero-order chi connectivity index (χ0) is 10.6. The summed E-state index contributed by atoms with van der Waals surface area (Å²) in [4.78, 5) is 0. The normalized spacial score (nSPS) is 15.1. The fraction of sp³-hybridized carbons (Fsp3) is 0.455. The highest BCUT2D eigenvalue weighted by Crippen LogP contribution is 2.17. The minimum Gasteiger partial charge on any atom is -0.328 e. The van der Waals surface area contributed by atoms with Crippen molar-refractivity contribution in [3.63, 3.8) is 0 Å². The zero-order valence-corrected chi connectivity index (χ0v) is 8.26. The van der Waals surface area contributed by atoms with Gasteiger partial charge in [0.25, 0.3) is 0 Å². The second kappa shape index (κ2) is 4.51. The summed E-state index contributed by atoms with van der Waals surface area (Å²) in [7, 11) is 0. The molecule has 1 nitrogen and oxygen atoms in total. The monoisotopic (exact) mass is 199 g/mol. The van der Waals surface area contributed by atoms with Crippen LogP contribution in [0.3, 0.4) is 0 Å². The lowest BCUT2D eigenvalue weighted by atomic mass is 9.99. The molecule has 0 aromatic heterocycles. The summed E-state index contributed by atoms with van der Waals surface area (Å²) >= 11 is 0. The molecule has 1 aromatic rings. The van der Waals surface area contributed by atoms with Crippen LogP contribution >= 0.6 is 0 Å². The van der Waals surface area contributed by atoms with Crippen molar-refractivity contribution in [1.29, 1.82) is 0 Å². The molecule has 0 saturated heterocycles. The van der Waals surface area contributed by atoms with E-state index in [1.54, 1.807) is 12.1 Å². The van der Waals surface area contributed by atoms with Crippen molar-refractivity contribution in [2.45, 2.75) is 25.4 Å². The highest BCUT2D eigenvalue weighted by atomic mass is 19.1. The Morgan fingerprint density at radius 1 is 1.43 bits per heavy atom. The van der Waals surface area contributed by atoms with Gasteiger partial charge in [-0.2, -0.15) is 0 Å². The molecule has 0 saturated carbocycles. The average molecular weight is 199 g/mol. The molecule has 1 unspecified atom stereocenters. The highest BCUT2D eigenvalue weighted by molar-refractivity contribution is 5.16. The Morgan fingerprint density at radius 2 is 2.14 bits per heavy atom. The number of alkyl halides is 1. The minimum atomic E-state index is -1.35. The first kappa shape index (κ1) is 11.1. The summed E-state index contributed by atoms with van der Waals surface area (Å²) < 4.78 is 26.1. The van der Waals surface area contributed by atoms with Crippen LogP contribution in [0.5, 0.6) is 0 Å². The molecule has 0 aliphatic carbocycles. The topological polar surface area (TPSA) is 26.0 Å². The second-order valence-corrected chi connectivity index (χ2v) is 3.75. The SMILES string of the molecule is CC(F)(CN)CCc1cccc(F)c1. The summed E-state index contributed by atoms with van der Waals surface area (Å²) in [5.41, 5.74) is 4.70. The third-order valence-electron chi connectivity index (χ3n) is 2.25. The van der Waals surface area contributed by atoms with E-state index in [0.29, 0.717) is 12.8 Å². The average Bonchev–Trinajstić information content (AvgIpc) is 2.15. The van der Waals surface area contributed by atoms with E-state index >= 15 is 0 Å². The van der Waals surface area contributed by atoms with Crippen LogP contribution in [0.2, 0.25) is 0 Å². The van der Waals surface area contributed by atoms with Crippen LogP contribution in [-0.2, 0) is 6.42 Å². The molecule has 1 rings (SSSR count). The molecule has 0 amide bonds. The van der Waals surface area contributed by atoms with Crippen molar-refractivity contribution < 1.29 is 8.78 Å². The molecule has 0 radical (unpaired) electrons. The first-order chi connectivity index (χ1) is 6.53. The molecule has 14 heavy (non-hydrogen) atoms. The van der Waals surface area contributed by atoms with Gasteiger partial charge in [-0.15, -0.1) is 0 Å². The predicted octanol–water partition coefficient (Wildman–Crippen LogP) is 2.45. The molecule has 0 aliphatic rings. The maximum atomic E-state index is 13.4. The van der Waals surface area contributed by atoms with E-state index in [-0.39, 0.29) is 12.4 Å². The fourth-order valence-electron chi connectivity index (χ4n) is 1.20. The van der Waals surface area contributed by atoms with E-state index in [2.05, 4.69) is 0 Å². The Hall–Kier alpha value is -0.960. The van der Waals surface area contributed by atoms with Crippen molar-refractivity contribution in [3.05, 3.63) is 35.6 Å². The van der Waals surface area contributed by atoms with Crippen molar-refractivity contribution in [2.75, 3.05) is 6.54 Å². The van der Waals surface area contributed by atoms with Crippen LogP contribution in [0.15, 0.2) is 24.3 Å². The van der Waals surface area contributed by atoms with Crippen molar-refractivity contribution >= 4 is 0 Å². The van der Waals surface area contributed by atoms with E-state index < -0.39 is 5.67 Å². The highest BCUT2D eigenvalue weighted by Gasteiger charge is 2.20. The lowest BCUT2D eigenvalue weighted by Gasteiger charge is -2.17. The van der Waals surface area contributed by atoms with Gasteiger partial charge >= 0.3 is 0 Å². The molecule has 0 bridgehead atoms. The maximum Gasteiger partial charge on any atom is 0.123 e. The van der Waals surface area contributed by atoms with Gasteiger partial charge in [0.05, 0.1) is 0 Å². The van der Waals surface area contributed by atoms with Crippen LogP contribution in [0.4, 0.5) is 8.78 Å². The van der Waals surface area contributed by atoms with Gasteiger partial charge in [-0.25, -0.2) is 8.78 Å². The van der Waals surface area contributed by atoms with Gasteiger partial charge in [-0.1, -0.05) is 12.1 Å². The number of rotatable bonds is 4. The van der Waals surface area contributed by atoms with Gasteiger partial charge < -0.3 is 5.73 Å². The Balaban J connectivity index is 2.54. The minimum absolute atomic E-state index is 0.00230. The Morgan fingerprint density at radius 3 is 2.71 bits per heavy atom. The second-order valence-electron chi connectivity index (χ2n) is 3.75.